The van der Waals surface area contributed by atoms with Crippen LogP contribution in [0.25, 0.3) is 10.9 Å². The first kappa shape index (κ1) is 30.4. The van der Waals surface area contributed by atoms with E-state index in [4.69, 9.17) is 9.72 Å². The number of amides is 1. The monoisotopic (exact) mass is 598 g/mol. The van der Waals surface area contributed by atoms with Crippen molar-refractivity contribution in [3.05, 3.63) is 132 Å². The summed E-state index contributed by atoms with van der Waals surface area (Å²) in [5.74, 6) is 1.05. The first-order valence-corrected chi connectivity index (χ1v) is 16.1. The highest BCUT2D eigenvalue weighted by Gasteiger charge is 2.23. The molecule has 1 aliphatic rings. The van der Waals surface area contributed by atoms with Crippen molar-refractivity contribution in [3.63, 3.8) is 0 Å². The van der Waals surface area contributed by atoms with Crippen molar-refractivity contribution in [1.29, 1.82) is 0 Å². The molecule has 45 heavy (non-hydrogen) atoms. The van der Waals surface area contributed by atoms with Gasteiger partial charge in [-0.1, -0.05) is 84.9 Å². The molecule has 6 nitrogen and oxygen atoms in total. The predicted octanol–water partition coefficient (Wildman–Crippen LogP) is 7.38. The Bertz CT molecular complexity index is 1690. The zero-order chi connectivity index (χ0) is 30.8. The summed E-state index contributed by atoms with van der Waals surface area (Å²) in [5, 5.41) is 7.83. The van der Waals surface area contributed by atoms with Gasteiger partial charge in [-0.15, -0.1) is 0 Å². The van der Waals surface area contributed by atoms with Crippen LogP contribution in [0.4, 0.5) is 11.4 Å². The zero-order valence-corrected chi connectivity index (χ0v) is 26.0. The minimum atomic E-state index is -0.00120. The molecular formula is C39H42N4O2. The van der Waals surface area contributed by atoms with Crippen LogP contribution >= 0.6 is 0 Å². The number of para-hydroxylation sites is 1. The number of nitrogens with zero attached hydrogens (tertiary/aromatic N) is 2. The lowest BCUT2D eigenvalue weighted by Crippen LogP contribution is -2.44. The molecule has 2 heterocycles. The Hall–Kier alpha value is -4.68. The van der Waals surface area contributed by atoms with Gasteiger partial charge in [-0.3, -0.25) is 9.78 Å². The Balaban J connectivity index is 1.21. The molecule has 0 bridgehead atoms. The number of ether oxygens (including phenoxy) is 1. The van der Waals surface area contributed by atoms with Gasteiger partial charge >= 0.3 is 0 Å². The molecule has 1 aromatic heterocycles. The Morgan fingerprint density at radius 3 is 2.38 bits per heavy atom. The zero-order valence-electron chi connectivity index (χ0n) is 26.0. The number of nitrogens with one attached hydrogen (secondary N) is 2. The fourth-order valence-corrected chi connectivity index (χ4v) is 6.18. The van der Waals surface area contributed by atoms with E-state index >= 15 is 0 Å². The Labute approximate surface area is 266 Å². The predicted molar refractivity (Wildman–Crippen MR) is 183 cm³/mol. The number of aromatic nitrogens is 1. The van der Waals surface area contributed by atoms with Crippen molar-refractivity contribution in [1.82, 2.24) is 15.6 Å². The highest BCUT2D eigenvalue weighted by Crippen LogP contribution is 2.35. The summed E-state index contributed by atoms with van der Waals surface area (Å²) in [6.07, 6.45) is 3.27. The van der Waals surface area contributed by atoms with Gasteiger partial charge < -0.3 is 20.3 Å². The largest absolute Gasteiger partial charge is 0.493 e. The van der Waals surface area contributed by atoms with E-state index in [1.54, 1.807) is 0 Å². The number of piperidine rings is 1. The van der Waals surface area contributed by atoms with Crippen molar-refractivity contribution < 1.29 is 9.53 Å². The molecular weight excluding hydrogens is 556 g/mol. The van der Waals surface area contributed by atoms with Gasteiger partial charge in [-0.2, -0.15) is 0 Å². The van der Waals surface area contributed by atoms with E-state index in [9.17, 15) is 4.79 Å². The molecule has 6 rings (SSSR count). The lowest BCUT2D eigenvalue weighted by molar-refractivity contribution is -0.126. The van der Waals surface area contributed by atoms with Gasteiger partial charge in [0.15, 0.2) is 0 Å². The van der Waals surface area contributed by atoms with Crippen molar-refractivity contribution in [2.75, 3.05) is 24.6 Å². The number of rotatable bonds is 12. The van der Waals surface area contributed by atoms with Gasteiger partial charge in [0, 0.05) is 47.8 Å². The minimum absolute atomic E-state index is 0.00120. The molecule has 0 radical (unpaired) electrons. The third kappa shape index (κ3) is 8.08. The first-order valence-electron chi connectivity index (χ1n) is 16.1. The van der Waals surface area contributed by atoms with Gasteiger partial charge in [-0.25, -0.2) is 0 Å². The minimum Gasteiger partial charge on any atom is -0.493 e. The second kappa shape index (κ2) is 14.9. The SMILES string of the molecule is Cc1cc(N(Cc2ccccc2)c2cccc(OCCC(Cc3ccccc3)NC(=O)C3CCNCC3)c2)c2ccccc2n1. The second-order valence-electron chi connectivity index (χ2n) is 11.9. The average Bonchev–Trinajstić information content (AvgIpc) is 3.08. The van der Waals surface area contributed by atoms with Crippen LogP contribution in [0, 0.1) is 12.8 Å². The average molecular weight is 599 g/mol. The van der Waals surface area contributed by atoms with Crippen molar-refractivity contribution in [3.8, 4) is 5.75 Å². The summed E-state index contributed by atoms with van der Waals surface area (Å²) in [6, 6.07) is 39.7. The van der Waals surface area contributed by atoms with Crippen LogP contribution in [0.5, 0.6) is 5.75 Å². The summed E-state index contributed by atoms with van der Waals surface area (Å²) in [6.45, 7) is 5.06. The lowest BCUT2D eigenvalue weighted by atomic mass is 9.96. The van der Waals surface area contributed by atoms with E-state index in [2.05, 4.69) is 107 Å². The standard InChI is InChI=1S/C39H42N4O2/c1-29-25-38(36-17-8-9-18-37(36)41-29)43(28-31-13-6-3-7-14-31)34-15-10-16-35(27-34)45-24-21-33(26-30-11-4-2-5-12-30)42-39(44)32-19-22-40-23-20-32/h2-18,25,27,32-33,40H,19-24,26,28H2,1H3,(H,42,44). The molecule has 2 N–H and O–H groups in total. The number of carbonyl (C=O) groups is 1. The number of benzene rings is 4. The van der Waals surface area contributed by atoms with Crippen LogP contribution in [0.1, 0.15) is 36.1 Å². The maximum atomic E-state index is 13.2. The molecule has 4 aromatic carbocycles. The molecule has 0 aliphatic carbocycles. The van der Waals surface area contributed by atoms with Gasteiger partial charge in [0.2, 0.25) is 5.91 Å². The highest BCUT2D eigenvalue weighted by atomic mass is 16.5. The molecule has 230 valence electrons. The number of carbonyl (C=O) groups excluding carboxylic acids is 1. The van der Waals surface area contributed by atoms with Gasteiger partial charge in [0.1, 0.15) is 5.75 Å². The smallest absolute Gasteiger partial charge is 0.223 e. The van der Waals surface area contributed by atoms with Gasteiger partial charge in [0.25, 0.3) is 0 Å². The molecule has 1 aliphatic heterocycles. The summed E-state index contributed by atoms with van der Waals surface area (Å²) in [5.41, 5.74) is 6.55. The Morgan fingerprint density at radius 1 is 0.889 bits per heavy atom. The van der Waals surface area contributed by atoms with E-state index in [-0.39, 0.29) is 17.9 Å². The first-order chi connectivity index (χ1) is 22.1. The normalized spacial score (nSPS) is 14.2. The van der Waals surface area contributed by atoms with Gasteiger partial charge in [-0.05, 0) is 74.7 Å². The van der Waals surface area contributed by atoms with Crippen molar-refractivity contribution >= 4 is 28.2 Å². The molecule has 1 unspecified atom stereocenters. The number of hydrogen-bond donors (Lipinski definition) is 2. The summed E-state index contributed by atoms with van der Waals surface area (Å²) in [7, 11) is 0. The number of pyridine rings is 1. The molecule has 6 heteroatoms. The van der Waals surface area contributed by atoms with Crippen LogP contribution < -0.4 is 20.3 Å². The van der Waals surface area contributed by atoms with Crippen LogP contribution in [0.3, 0.4) is 0 Å². The van der Waals surface area contributed by atoms with E-state index in [0.29, 0.717) is 13.2 Å². The quantitative estimate of drug-likeness (QED) is 0.157. The van der Waals surface area contributed by atoms with Crippen LogP contribution in [-0.2, 0) is 17.8 Å². The third-order valence-corrected chi connectivity index (χ3v) is 8.54. The van der Waals surface area contributed by atoms with Crippen LogP contribution in [0.2, 0.25) is 0 Å². The summed E-state index contributed by atoms with van der Waals surface area (Å²) < 4.78 is 6.39. The fraction of sp³-hybridized carbons (Fsp3) is 0.282. The molecule has 0 saturated carbocycles. The Kier molecular flexibility index (Phi) is 10.0. The molecule has 1 saturated heterocycles. The summed E-state index contributed by atoms with van der Waals surface area (Å²) in [4.78, 5) is 20.3. The van der Waals surface area contributed by atoms with E-state index in [1.165, 1.54) is 11.1 Å². The second-order valence-corrected chi connectivity index (χ2v) is 11.9. The van der Waals surface area contributed by atoms with Crippen molar-refractivity contribution in [2.24, 2.45) is 5.92 Å². The topological polar surface area (TPSA) is 66.5 Å². The maximum Gasteiger partial charge on any atom is 0.223 e. The summed E-state index contributed by atoms with van der Waals surface area (Å²) >= 11 is 0. The number of fused-ring (bicyclic) bond motifs is 1. The highest BCUT2D eigenvalue weighted by molar-refractivity contribution is 5.94. The molecule has 1 atom stereocenters. The molecule has 1 fully saturated rings. The Morgan fingerprint density at radius 2 is 1.60 bits per heavy atom. The molecule has 5 aromatic rings. The third-order valence-electron chi connectivity index (χ3n) is 8.54. The van der Waals surface area contributed by atoms with Crippen LogP contribution in [-0.4, -0.2) is 36.6 Å². The fourth-order valence-electron chi connectivity index (χ4n) is 6.18. The number of aryl methyl sites for hydroxylation is 1. The van der Waals surface area contributed by atoms with E-state index in [0.717, 1.165) is 72.5 Å². The van der Waals surface area contributed by atoms with Gasteiger partial charge in [0.05, 0.1) is 17.8 Å². The molecule has 1 amide bonds. The van der Waals surface area contributed by atoms with E-state index in [1.807, 2.05) is 31.2 Å². The van der Waals surface area contributed by atoms with Crippen LogP contribution in [0.15, 0.2) is 115 Å². The number of hydrogen-bond acceptors (Lipinski definition) is 5. The maximum absolute atomic E-state index is 13.2. The van der Waals surface area contributed by atoms with E-state index < -0.39 is 0 Å². The molecule has 0 spiro atoms. The number of anilines is 2. The van der Waals surface area contributed by atoms with Crippen molar-refractivity contribution in [2.45, 2.75) is 45.2 Å². The lowest BCUT2D eigenvalue weighted by Gasteiger charge is -2.27.